The number of likely N-dealkylation sites (tertiary alicyclic amines) is 1. The maximum atomic E-state index is 12.5. The van der Waals surface area contributed by atoms with E-state index in [4.69, 9.17) is 0 Å². The predicted molar refractivity (Wildman–Crippen MR) is 106 cm³/mol. The van der Waals surface area contributed by atoms with E-state index in [1.165, 1.54) is 5.69 Å². The van der Waals surface area contributed by atoms with Gasteiger partial charge in [-0.05, 0) is 37.8 Å². The number of para-hydroxylation sites is 1. The van der Waals surface area contributed by atoms with Crippen LogP contribution in [0.1, 0.15) is 46.5 Å². The maximum absolute atomic E-state index is 12.5. The second-order valence-corrected chi connectivity index (χ2v) is 8.16. The molecule has 1 unspecified atom stereocenters. The Morgan fingerprint density at radius 2 is 1.88 bits per heavy atom. The largest absolute Gasteiger partial charge is 0.375 e. The molecular formula is C21H33N3O2. The van der Waals surface area contributed by atoms with Gasteiger partial charge in [0.2, 0.25) is 11.8 Å². The summed E-state index contributed by atoms with van der Waals surface area (Å²) in [6.45, 7) is 8.03. The van der Waals surface area contributed by atoms with Crippen molar-refractivity contribution in [3.05, 3.63) is 30.3 Å². The van der Waals surface area contributed by atoms with Gasteiger partial charge >= 0.3 is 0 Å². The number of carbonyl (C=O) groups excluding carboxylic acids is 2. The number of rotatable bonds is 7. The van der Waals surface area contributed by atoms with Gasteiger partial charge in [-0.3, -0.25) is 9.59 Å². The van der Waals surface area contributed by atoms with Gasteiger partial charge < -0.3 is 15.1 Å². The SMILES string of the molecule is CN(CCCCNC(=O)C1CCCN1C(=O)C(C)(C)C)c1ccccc1. The average molecular weight is 360 g/mol. The number of anilines is 1. The van der Waals surface area contributed by atoms with Crippen LogP contribution >= 0.6 is 0 Å². The zero-order valence-electron chi connectivity index (χ0n) is 16.6. The highest BCUT2D eigenvalue weighted by Gasteiger charge is 2.38. The van der Waals surface area contributed by atoms with Crippen molar-refractivity contribution < 1.29 is 9.59 Å². The third-order valence-electron chi connectivity index (χ3n) is 4.87. The summed E-state index contributed by atoms with van der Waals surface area (Å²) >= 11 is 0. The van der Waals surface area contributed by atoms with Crippen LogP contribution in [0.25, 0.3) is 0 Å². The van der Waals surface area contributed by atoms with Crippen molar-refractivity contribution in [3.8, 4) is 0 Å². The second kappa shape index (κ2) is 9.06. The van der Waals surface area contributed by atoms with E-state index in [1.54, 1.807) is 4.90 Å². The van der Waals surface area contributed by atoms with Gasteiger partial charge in [0.15, 0.2) is 0 Å². The Kier molecular flexibility index (Phi) is 7.06. The number of amides is 2. The molecule has 0 aromatic heterocycles. The van der Waals surface area contributed by atoms with Crippen LogP contribution in [0.3, 0.4) is 0 Å². The highest BCUT2D eigenvalue weighted by Crippen LogP contribution is 2.25. The predicted octanol–water partition coefficient (Wildman–Crippen LogP) is 3.06. The first-order valence-electron chi connectivity index (χ1n) is 9.65. The molecule has 1 aromatic carbocycles. The van der Waals surface area contributed by atoms with Gasteiger partial charge in [0, 0.05) is 37.8 Å². The fraction of sp³-hybridized carbons (Fsp3) is 0.619. The number of hydrogen-bond donors (Lipinski definition) is 1. The third kappa shape index (κ3) is 5.48. The molecule has 0 bridgehead atoms. The molecule has 1 heterocycles. The van der Waals surface area contributed by atoms with E-state index in [2.05, 4.69) is 29.4 Å². The van der Waals surface area contributed by atoms with Crippen molar-refractivity contribution in [2.75, 3.05) is 31.6 Å². The van der Waals surface area contributed by atoms with E-state index in [0.717, 1.165) is 32.2 Å². The van der Waals surface area contributed by atoms with Crippen LogP contribution in [0.4, 0.5) is 5.69 Å². The molecule has 5 nitrogen and oxygen atoms in total. The number of nitrogens with zero attached hydrogens (tertiary/aromatic N) is 2. The monoisotopic (exact) mass is 359 g/mol. The number of unbranched alkanes of at least 4 members (excludes halogenated alkanes) is 1. The Bertz CT molecular complexity index is 595. The molecule has 1 aliphatic rings. The second-order valence-electron chi connectivity index (χ2n) is 8.16. The van der Waals surface area contributed by atoms with Gasteiger partial charge in [-0.1, -0.05) is 39.0 Å². The lowest BCUT2D eigenvalue weighted by molar-refractivity contribution is -0.144. The lowest BCUT2D eigenvalue weighted by atomic mass is 9.94. The van der Waals surface area contributed by atoms with Gasteiger partial charge in [-0.2, -0.15) is 0 Å². The molecule has 0 saturated carbocycles. The Hall–Kier alpha value is -2.04. The summed E-state index contributed by atoms with van der Waals surface area (Å²) in [6.07, 6.45) is 3.62. The van der Waals surface area contributed by atoms with E-state index in [9.17, 15) is 9.59 Å². The quantitative estimate of drug-likeness (QED) is 0.761. The summed E-state index contributed by atoms with van der Waals surface area (Å²) < 4.78 is 0. The van der Waals surface area contributed by atoms with Gasteiger partial charge in [-0.25, -0.2) is 0 Å². The normalized spacial score (nSPS) is 17.2. The van der Waals surface area contributed by atoms with E-state index < -0.39 is 5.41 Å². The third-order valence-corrected chi connectivity index (χ3v) is 4.87. The van der Waals surface area contributed by atoms with Crippen LogP contribution < -0.4 is 10.2 Å². The molecule has 1 N–H and O–H groups in total. The van der Waals surface area contributed by atoms with Gasteiger partial charge in [0.1, 0.15) is 6.04 Å². The van der Waals surface area contributed by atoms with Crippen LogP contribution in [0.2, 0.25) is 0 Å². The van der Waals surface area contributed by atoms with Crippen molar-refractivity contribution >= 4 is 17.5 Å². The van der Waals surface area contributed by atoms with E-state index >= 15 is 0 Å². The number of benzene rings is 1. The van der Waals surface area contributed by atoms with Gasteiger partial charge in [0.25, 0.3) is 0 Å². The molecule has 2 rings (SSSR count). The van der Waals surface area contributed by atoms with Crippen molar-refractivity contribution in [1.29, 1.82) is 0 Å². The van der Waals surface area contributed by atoms with E-state index in [0.29, 0.717) is 13.1 Å². The van der Waals surface area contributed by atoms with Crippen LogP contribution in [-0.2, 0) is 9.59 Å². The number of hydrogen-bond acceptors (Lipinski definition) is 3. The lowest BCUT2D eigenvalue weighted by Crippen LogP contribution is -2.49. The number of nitrogens with one attached hydrogen (secondary N) is 1. The molecular weight excluding hydrogens is 326 g/mol. The Morgan fingerprint density at radius 3 is 2.54 bits per heavy atom. The smallest absolute Gasteiger partial charge is 0.242 e. The molecule has 1 aromatic rings. The summed E-state index contributed by atoms with van der Waals surface area (Å²) in [5, 5.41) is 3.02. The maximum Gasteiger partial charge on any atom is 0.242 e. The first-order valence-corrected chi connectivity index (χ1v) is 9.65. The minimum Gasteiger partial charge on any atom is -0.375 e. The van der Waals surface area contributed by atoms with Crippen molar-refractivity contribution in [2.24, 2.45) is 5.41 Å². The highest BCUT2D eigenvalue weighted by atomic mass is 16.2. The summed E-state index contributed by atoms with van der Waals surface area (Å²) in [7, 11) is 2.09. The molecule has 1 fully saturated rings. The summed E-state index contributed by atoms with van der Waals surface area (Å²) in [5.74, 6) is 0.0659. The zero-order chi connectivity index (χ0) is 19.2. The molecule has 0 aliphatic carbocycles. The van der Waals surface area contributed by atoms with Crippen molar-refractivity contribution in [2.45, 2.75) is 52.5 Å². The molecule has 1 atom stereocenters. The van der Waals surface area contributed by atoms with Crippen LogP contribution in [0, 0.1) is 5.41 Å². The lowest BCUT2D eigenvalue weighted by Gasteiger charge is -2.30. The Labute approximate surface area is 157 Å². The molecule has 2 amide bonds. The van der Waals surface area contributed by atoms with Crippen LogP contribution in [-0.4, -0.2) is 49.4 Å². The molecule has 1 aliphatic heterocycles. The molecule has 144 valence electrons. The number of carbonyl (C=O) groups is 2. The van der Waals surface area contributed by atoms with Gasteiger partial charge in [-0.15, -0.1) is 0 Å². The first kappa shape index (κ1) is 20.3. The van der Waals surface area contributed by atoms with Crippen molar-refractivity contribution in [1.82, 2.24) is 10.2 Å². The van der Waals surface area contributed by atoms with Crippen LogP contribution in [0.5, 0.6) is 0 Å². The molecule has 0 radical (unpaired) electrons. The van der Waals surface area contributed by atoms with E-state index in [1.807, 2.05) is 39.0 Å². The molecule has 26 heavy (non-hydrogen) atoms. The average Bonchev–Trinajstić information content (AvgIpc) is 3.10. The highest BCUT2D eigenvalue weighted by molar-refractivity contribution is 5.90. The molecule has 1 saturated heterocycles. The van der Waals surface area contributed by atoms with Crippen LogP contribution in [0.15, 0.2) is 30.3 Å². The fourth-order valence-electron chi connectivity index (χ4n) is 3.33. The topological polar surface area (TPSA) is 52.7 Å². The minimum atomic E-state index is -0.440. The fourth-order valence-corrected chi connectivity index (χ4v) is 3.33. The Morgan fingerprint density at radius 1 is 1.19 bits per heavy atom. The van der Waals surface area contributed by atoms with E-state index in [-0.39, 0.29) is 17.9 Å². The molecule has 5 heteroatoms. The summed E-state index contributed by atoms with van der Waals surface area (Å²) in [6, 6.07) is 10.00. The molecule has 0 spiro atoms. The first-order chi connectivity index (χ1) is 12.3. The summed E-state index contributed by atoms with van der Waals surface area (Å²) in [5.41, 5.74) is 0.768. The van der Waals surface area contributed by atoms with Crippen molar-refractivity contribution in [3.63, 3.8) is 0 Å². The minimum absolute atomic E-state index is 0.00323. The zero-order valence-corrected chi connectivity index (χ0v) is 16.6. The van der Waals surface area contributed by atoms with Gasteiger partial charge in [0.05, 0.1) is 0 Å². The standard InChI is InChI=1S/C21H33N3O2/c1-21(2,3)20(26)24-16-10-13-18(24)19(25)22-14-8-9-15-23(4)17-11-6-5-7-12-17/h5-7,11-12,18H,8-10,13-16H2,1-4H3,(H,22,25). The Balaban J connectivity index is 1.71. The summed E-state index contributed by atoms with van der Waals surface area (Å²) in [4.78, 5) is 29.0.